The van der Waals surface area contributed by atoms with Crippen molar-refractivity contribution in [3.8, 4) is 5.75 Å². The number of hydrogen-bond donors (Lipinski definition) is 3. The number of anilines is 1. The zero-order valence-electron chi connectivity index (χ0n) is 16.7. The van der Waals surface area contributed by atoms with E-state index in [1.54, 1.807) is 0 Å². The predicted octanol–water partition coefficient (Wildman–Crippen LogP) is 0.536. The maximum absolute atomic E-state index is 13.0. The number of thiazole rings is 1. The van der Waals surface area contributed by atoms with Crippen molar-refractivity contribution in [1.82, 2.24) is 19.3 Å². The van der Waals surface area contributed by atoms with Crippen LogP contribution in [-0.2, 0) is 14.8 Å². The molecule has 0 amide bonds. The smallest absolute Gasteiger partial charge is 0.480 e. The van der Waals surface area contributed by atoms with Gasteiger partial charge in [0.1, 0.15) is 16.5 Å². The SMILES string of the molecule is O=C(O)[C@H]1CN(c2nc3[nH]c(=O)[nH]c(=O)c3s2)CCN1S(=O)(=O)c1ccc(OC(F)(F)F)cc1. The predicted molar refractivity (Wildman–Crippen MR) is 112 cm³/mol. The van der Waals surface area contributed by atoms with Crippen molar-refractivity contribution in [1.29, 1.82) is 0 Å². The standard InChI is InChI=1S/C17H14F3N5O7S2/c18-17(19,20)32-8-1-3-9(4-2-8)34(30,31)25-6-5-24(7-10(25)14(27)28)16-22-12-11(33-16)13(26)23-15(29)21-12/h1-4,10H,5-7H2,(H,27,28)(H2,21,23,26,29)/t10-/m1/s1. The average molecular weight is 521 g/mol. The number of nitrogens with zero attached hydrogens (tertiary/aromatic N) is 3. The number of aromatic amines is 2. The molecule has 34 heavy (non-hydrogen) atoms. The zero-order valence-corrected chi connectivity index (χ0v) is 18.3. The molecule has 4 rings (SSSR count). The molecule has 2 aromatic heterocycles. The van der Waals surface area contributed by atoms with Gasteiger partial charge < -0.3 is 14.7 Å². The molecule has 1 fully saturated rings. The number of sulfonamides is 1. The number of aliphatic carboxylic acids is 1. The fourth-order valence-electron chi connectivity index (χ4n) is 3.36. The number of benzene rings is 1. The van der Waals surface area contributed by atoms with Crippen LogP contribution < -0.4 is 20.9 Å². The normalized spacial score (nSPS) is 17.7. The van der Waals surface area contributed by atoms with Crippen molar-refractivity contribution >= 4 is 42.8 Å². The van der Waals surface area contributed by atoms with Gasteiger partial charge in [0, 0.05) is 19.6 Å². The van der Waals surface area contributed by atoms with Crippen molar-refractivity contribution < 1.29 is 36.2 Å². The molecule has 1 saturated heterocycles. The van der Waals surface area contributed by atoms with Gasteiger partial charge in [0.15, 0.2) is 10.8 Å². The number of rotatable bonds is 5. The lowest BCUT2D eigenvalue weighted by Crippen LogP contribution is -2.58. The summed E-state index contributed by atoms with van der Waals surface area (Å²) in [5.41, 5.74) is -1.42. The van der Waals surface area contributed by atoms with E-state index < -0.39 is 50.3 Å². The first-order valence-corrected chi connectivity index (χ1v) is 11.6. The Morgan fingerprint density at radius 1 is 1.18 bits per heavy atom. The molecular weight excluding hydrogens is 507 g/mol. The molecule has 0 radical (unpaired) electrons. The molecule has 1 atom stereocenters. The van der Waals surface area contributed by atoms with Gasteiger partial charge in [-0.2, -0.15) is 4.31 Å². The minimum atomic E-state index is -4.95. The monoisotopic (exact) mass is 521 g/mol. The Morgan fingerprint density at radius 3 is 2.47 bits per heavy atom. The molecule has 0 saturated carbocycles. The van der Waals surface area contributed by atoms with Crippen molar-refractivity contribution in [3.05, 3.63) is 45.1 Å². The quantitative estimate of drug-likeness (QED) is 0.434. The number of ether oxygens (including phenoxy) is 1. The minimum Gasteiger partial charge on any atom is -0.480 e. The van der Waals surface area contributed by atoms with Crippen LogP contribution >= 0.6 is 11.3 Å². The number of carbonyl (C=O) groups is 1. The molecule has 0 unspecified atom stereocenters. The molecule has 1 aromatic carbocycles. The van der Waals surface area contributed by atoms with Crippen LogP contribution in [0.1, 0.15) is 0 Å². The van der Waals surface area contributed by atoms with Gasteiger partial charge in [0.25, 0.3) is 5.56 Å². The zero-order chi connectivity index (χ0) is 24.8. The van der Waals surface area contributed by atoms with E-state index in [2.05, 4.69) is 19.7 Å². The first-order valence-electron chi connectivity index (χ1n) is 9.34. The summed E-state index contributed by atoms with van der Waals surface area (Å²) in [5, 5.41) is 9.89. The second-order valence-corrected chi connectivity index (χ2v) is 9.89. The van der Waals surface area contributed by atoms with E-state index in [0.29, 0.717) is 0 Å². The molecule has 17 heteroatoms. The number of nitrogens with one attached hydrogen (secondary N) is 2. The van der Waals surface area contributed by atoms with E-state index in [-0.39, 0.29) is 35.1 Å². The number of aromatic nitrogens is 3. The molecule has 182 valence electrons. The van der Waals surface area contributed by atoms with Gasteiger partial charge in [0.2, 0.25) is 10.0 Å². The number of carboxylic acids is 1. The Labute approximate surface area is 191 Å². The summed E-state index contributed by atoms with van der Waals surface area (Å²) in [6, 6.07) is 1.84. The van der Waals surface area contributed by atoms with Gasteiger partial charge in [-0.3, -0.25) is 19.6 Å². The Hall–Kier alpha value is -3.44. The van der Waals surface area contributed by atoms with Crippen molar-refractivity contribution in [2.24, 2.45) is 0 Å². The van der Waals surface area contributed by atoms with Crippen LogP contribution in [0.25, 0.3) is 10.3 Å². The first kappa shape index (κ1) is 23.7. The largest absolute Gasteiger partial charge is 0.573 e. The van der Waals surface area contributed by atoms with Crippen LogP contribution in [-0.4, -0.2) is 70.8 Å². The minimum absolute atomic E-state index is 0.000235. The third-order valence-corrected chi connectivity index (χ3v) is 7.87. The fraction of sp³-hybridized carbons (Fsp3) is 0.294. The second kappa shape index (κ2) is 8.41. The van der Waals surface area contributed by atoms with E-state index in [4.69, 9.17) is 0 Å². The molecular formula is C17H14F3N5O7S2. The number of alkyl halides is 3. The highest BCUT2D eigenvalue weighted by Crippen LogP contribution is 2.30. The molecule has 0 spiro atoms. The van der Waals surface area contributed by atoms with Gasteiger partial charge in [-0.05, 0) is 24.3 Å². The Kier molecular flexibility index (Phi) is 5.86. The number of fused-ring (bicyclic) bond motifs is 1. The lowest BCUT2D eigenvalue weighted by molar-refractivity contribution is -0.274. The van der Waals surface area contributed by atoms with Crippen LogP contribution in [0.2, 0.25) is 0 Å². The Balaban J connectivity index is 1.60. The van der Waals surface area contributed by atoms with Crippen molar-refractivity contribution in [3.63, 3.8) is 0 Å². The highest BCUT2D eigenvalue weighted by molar-refractivity contribution is 7.89. The van der Waals surface area contributed by atoms with Crippen LogP contribution in [0.5, 0.6) is 5.75 Å². The van der Waals surface area contributed by atoms with Crippen LogP contribution in [0.15, 0.2) is 38.8 Å². The summed E-state index contributed by atoms with van der Waals surface area (Å²) in [7, 11) is -4.39. The van der Waals surface area contributed by atoms with Crippen LogP contribution in [0, 0.1) is 0 Å². The van der Waals surface area contributed by atoms with Crippen LogP contribution in [0.3, 0.4) is 0 Å². The van der Waals surface area contributed by atoms with E-state index in [0.717, 1.165) is 39.9 Å². The lowest BCUT2D eigenvalue weighted by Gasteiger charge is -2.38. The maximum atomic E-state index is 13.0. The lowest BCUT2D eigenvalue weighted by atomic mass is 10.2. The van der Waals surface area contributed by atoms with E-state index in [1.165, 1.54) is 4.90 Å². The molecule has 0 aliphatic carbocycles. The summed E-state index contributed by atoms with van der Waals surface area (Å²) in [6.45, 7) is -0.616. The summed E-state index contributed by atoms with van der Waals surface area (Å²) < 4.78 is 67.7. The Bertz CT molecular complexity index is 1460. The fourth-order valence-corrected chi connectivity index (χ4v) is 5.88. The number of halogens is 3. The molecule has 1 aliphatic heterocycles. The first-order chi connectivity index (χ1) is 15.8. The summed E-state index contributed by atoms with van der Waals surface area (Å²) in [4.78, 5) is 44.9. The van der Waals surface area contributed by atoms with E-state index in [9.17, 15) is 41.1 Å². The Morgan fingerprint density at radius 2 is 1.85 bits per heavy atom. The van der Waals surface area contributed by atoms with Gasteiger partial charge in [-0.1, -0.05) is 11.3 Å². The summed E-state index contributed by atoms with van der Waals surface area (Å²) >= 11 is 0.898. The second-order valence-electron chi connectivity index (χ2n) is 7.02. The number of H-pyrrole nitrogens is 2. The third-order valence-electron chi connectivity index (χ3n) is 4.83. The molecule has 3 heterocycles. The van der Waals surface area contributed by atoms with Gasteiger partial charge >= 0.3 is 18.0 Å². The highest BCUT2D eigenvalue weighted by atomic mass is 32.2. The van der Waals surface area contributed by atoms with Gasteiger partial charge in [0.05, 0.1) is 4.90 Å². The van der Waals surface area contributed by atoms with Gasteiger partial charge in [-0.25, -0.2) is 18.2 Å². The molecule has 0 bridgehead atoms. The van der Waals surface area contributed by atoms with Crippen molar-refractivity contribution in [2.75, 3.05) is 24.5 Å². The maximum Gasteiger partial charge on any atom is 0.573 e. The summed E-state index contributed by atoms with van der Waals surface area (Å²) in [6.07, 6.45) is -4.95. The number of carboxylic acid groups (broad SMARTS) is 1. The van der Waals surface area contributed by atoms with E-state index in [1.807, 2.05) is 0 Å². The molecule has 12 nitrogen and oxygen atoms in total. The molecule has 3 N–H and O–H groups in total. The molecule has 3 aromatic rings. The summed E-state index contributed by atoms with van der Waals surface area (Å²) in [5.74, 6) is -2.09. The highest BCUT2D eigenvalue weighted by Gasteiger charge is 2.41. The average Bonchev–Trinajstić information content (AvgIpc) is 3.17. The number of hydrogen-bond acceptors (Lipinski definition) is 9. The van der Waals surface area contributed by atoms with E-state index >= 15 is 0 Å². The van der Waals surface area contributed by atoms with Crippen molar-refractivity contribution in [2.45, 2.75) is 17.3 Å². The molecule has 1 aliphatic rings. The van der Waals surface area contributed by atoms with Crippen LogP contribution in [0.4, 0.5) is 18.3 Å². The topological polar surface area (TPSA) is 166 Å². The number of piperazine rings is 1. The van der Waals surface area contributed by atoms with Gasteiger partial charge in [-0.15, -0.1) is 13.2 Å². The third kappa shape index (κ3) is 4.62.